The lowest BCUT2D eigenvalue weighted by atomic mass is 10.2. The van der Waals surface area contributed by atoms with Crippen LogP contribution in [-0.2, 0) is 21.0 Å². The van der Waals surface area contributed by atoms with E-state index in [0.29, 0.717) is 11.6 Å². The van der Waals surface area contributed by atoms with Crippen molar-refractivity contribution in [3.8, 4) is 5.75 Å². The molecule has 0 aliphatic rings. The highest BCUT2D eigenvalue weighted by Crippen LogP contribution is 2.36. The lowest BCUT2D eigenvalue weighted by Gasteiger charge is -2.17. The standard InChI is InChI=1S/C18H18ClF3N2O4S/c1-10-4-7-15(28-3)16(8-10)29(26,27)24-11(2)17(25)23-12-5-6-14(19)13(9-12)18(20,21)22/h4-9,11,24H,1-3H3,(H,23,25)/t11-/m1/s1. The Bertz CT molecular complexity index is 1030. The Hall–Kier alpha value is -2.30. The molecule has 6 nitrogen and oxygen atoms in total. The average molecular weight is 451 g/mol. The van der Waals surface area contributed by atoms with Crippen LogP contribution < -0.4 is 14.8 Å². The summed E-state index contributed by atoms with van der Waals surface area (Å²) in [6, 6.07) is 6.07. The predicted octanol–water partition coefficient (Wildman–Crippen LogP) is 3.98. The van der Waals surface area contributed by atoms with Crippen LogP contribution >= 0.6 is 11.6 Å². The van der Waals surface area contributed by atoms with Gasteiger partial charge in [-0.2, -0.15) is 17.9 Å². The van der Waals surface area contributed by atoms with E-state index in [9.17, 15) is 26.4 Å². The Morgan fingerprint density at radius 1 is 1.17 bits per heavy atom. The number of amides is 1. The number of hydrogen-bond acceptors (Lipinski definition) is 4. The van der Waals surface area contributed by atoms with E-state index in [4.69, 9.17) is 16.3 Å². The van der Waals surface area contributed by atoms with Gasteiger partial charge < -0.3 is 10.1 Å². The Balaban J connectivity index is 2.20. The van der Waals surface area contributed by atoms with E-state index < -0.39 is 38.7 Å². The van der Waals surface area contributed by atoms with Crippen LogP contribution in [0.15, 0.2) is 41.3 Å². The maximum absolute atomic E-state index is 12.9. The number of sulfonamides is 1. The molecular formula is C18H18ClF3N2O4S. The Labute approximate surface area is 171 Å². The van der Waals surface area contributed by atoms with Gasteiger partial charge in [0.2, 0.25) is 15.9 Å². The zero-order valence-corrected chi connectivity index (χ0v) is 17.2. The van der Waals surface area contributed by atoms with E-state index in [1.165, 1.54) is 32.2 Å². The first-order chi connectivity index (χ1) is 13.3. The third kappa shape index (κ3) is 5.62. The van der Waals surface area contributed by atoms with E-state index in [1.807, 2.05) is 0 Å². The average Bonchev–Trinajstić information content (AvgIpc) is 2.61. The molecule has 29 heavy (non-hydrogen) atoms. The zero-order chi connectivity index (χ0) is 22.0. The quantitative estimate of drug-likeness (QED) is 0.697. The lowest BCUT2D eigenvalue weighted by Crippen LogP contribution is -2.41. The number of rotatable bonds is 6. The highest BCUT2D eigenvalue weighted by atomic mass is 35.5. The van der Waals surface area contributed by atoms with Gasteiger partial charge in [-0.1, -0.05) is 17.7 Å². The summed E-state index contributed by atoms with van der Waals surface area (Å²) in [5, 5.41) is 1.72. The summed E-state index contributed by atoms with van der Waals surface area (Å²) in [5.41, 5.74) is -0.635. The van der Waals surface area contributed by atoms with Crippen LogP contribution in [0.25, 0.3) is 0 Å². The Morgan fingerprint density at radius 3 is 2.41 bits per heavy atom. The van der Waals surface area contributed by atoms with E-state index in [-0.39, 0.29) is 16.3 Å². The number of ether oxygens (including phenoxy) is 1. The number of aryl methyl sites for hydroxylation is 1. The molecule has 11 heteroatoms. The van der Waals surface area contributed by atoms with Gasteiger partial charge >= 0.3 is 6.18 Å². The minimum atomic E-state index is -4.70. The minimum absolute atomic E-state index is 0.0863. The van der Waals surface area contributed by atoms with Gasteiger partial charge in [0.25, 0.3) is 0 Å². The van der Waals surface area contributed by atoms with Crippen molar-refractivity contribution in [1.82, 2.24) is 4.72 Å². The number of carbonyl (C=O) groups is 1. The number of anilines is 1. The molecular weight excluding hydrogens is 433 g/mol. The molecule has 2 aromatic carbocycles. The van der Waals surface area contributed by atoms with Crippen LogP contribution in [0.4, 0.5) is 18.9 Å². The number of hydrogen-bond donors (Lipinski definition) is 2. The van der Waals surface area contributed by atoms with Crippen molar-refractivity contribution in [2.24, 2.45) is 0 Å². The molecule has 0 saturated carbocycles. The summed E-state index contributed by atoms with van der Waals surface area (Å²) in [7, 11) is -2.83. The van der Waals surface area contributed by atoms with Gasteiger partial charge in [-0.3, -0.25) is 4.79 Å². The molecule has 2 N–H and O–H groups in total. The van der Waals surface area contributed by atoms with Gasteiger partial charge in [0.15, 0.2) is 0 Å². The fourth-order valence-corrected chi connectivity index (χ4v) is 4.10. The van der Waals surface area contributed by atoms with E-state index in [1.54, 1.807) is 13.0 Å². The molecule has 0 aliphatic heterocycles. The van der Waals surface area contributed by atoms with Gasteiger partial charge in [-0.05, 0) is 49.7 Å². The van der Waals surface area contributed by atoms with Gasteiger partial charge in [0.1, 0.15) is 10.6 Å². The highest BCUT2D eigenvalue weighted by Gasteiger charge is 2.33. The van der Waals surface area contributed by atoms with Crippen LogP contribution in [-0.4, -0.2) is 27.5 Å². The van der Waals surface area contributed by atoms with E-state index >= 15 is 0 Å². The van der Waals surface area contributed by atoms with Crippen molar-refractivity contribution in [1.29, 1.82) is 0 Å². The SMILES string of the molecule is COc1ccc(C)cc1S(=O)(=O)N[C@H](C)C(=O)Nc1ccc(Cl)c(C(F)(F)F)c1. The molecule has 1 amide bonds. The van der Waals surface area contributed by atoms with Crippen molar-refractivity contribution in [3.05, 3.63) is 52.5 Å². The maximum Gasteiger partial charge on any atom is 0.417 e. The third-order valence-electron chi connectivity index (χ3n) is 3.87. The number of nitrogens with one attached hydrogen (secondary N) is 2. The summed E-state index contributed by atoms with van der Waals surface area (Å²) in [5.74, 6) is -0.765. The van der Waals surface area contributed by atoms with Crippen molar-refractivity contribution >= 4 is 33.2 Å². The van der Waals surface area contributed by atoms with Gasteiger partial charge in [0.05, 0.1) is 23.7 Å². The summed E-state index contributed by atoms with van der Waals surface area (Å²) in [6.45, 7) is 2.95. The van der Waals surface area contributed by atoms with Crippen LogP contribution in [0.1, 0.15) is 18.1 Å². The molecule has 0 aromatic heterocycles. The van der Waals surface area contributed by atoms with Gasteiger partial charge in [-0.25, -0.2) is 8.42 Å². The molecule has 0 unspecified atom stereocenters. The Kier molecular flexibility index (Phi) is 6.82. The largest absolute Gasteiger partial charge is 0.495 e. The smallest absolute Gasteiger partial charge is 0.417 e. The van der Waals surface area contributed by atoms with Gasteiger partial charge in [0, 0.05) is 5.69 Å². The molecule has 0 spiro atoms. The Morgan fingerprint density at radius 2 is 1.83 bits per heavy atom. The number of methoxy groups -OCH3 is 1. The van der Waals surface area contributed by atoms with E-state index in [2.05, 4.69) is 10.0 Å². The summed E-state index contributed by atoms with van der Waals surface area (Å²) in [6.07, 6.45) is -4.70. The maximum atomic E-state index is 12.9. The number of benzene rings is 2. The van der Waals surface area contributed by atoms with Crippen molar-refractivity contribution in [2.75, 3.05) is 12.4 Å². The van der Waals surface area contributed by atoms with Crippen molar-refractivity contribution in [3.63, 3.8) is 0 Å². The molecule has 0 saturated heterocycles. The monoisotopic (exact) mass is 450 g/mol. The first-order valence-corrected chi connectivity index (χ1v) is 10.1. The fraction of sp³-hybridized carbons (Fsp3) is 0.278. The van der Waals surface area contributed by atoms with Crippen molar-refractivity contribution in [2.45, 2.75) is 31.0 Å². The molecule has 2 aromatic rings. The number of halogens is 4. The zero-order valence-electron chi connectivity index (χ0n) is 15.6. The molecule has 1 atom stereocenters. The summed E-state index contributed by atoms with van der Waals surface area (Å²) in [4.78, 5) is 12.1. The van der Waals surface area contributed by atoms with Crippen LogP contribution in [0.3, 0.4) is 0 Å². The second kappa shape index (κ2) is 8.60. The van der Waals surface area contributed by atoms with Crippen molar-refractivity contribution < 1.29 is 31.1 Å². The summed E-state index contributed by atoms with van der Waals surface area (Å²) >= 11 is 5.54. The molecule has 158 valence electrons. The third-order valence-corrected chi connectivity index (χ3v) is 5.76. The topological polar surface area (TPSA) is 84.5 Å². The van der Waals surface area contributed by atoms with E-state index in [0.717, 1.165) is 6.07 Å². The molecule has 2 rings (SSSR count). The van der Waals surface area contributed by atoms with Crippen LogP contribution in [0.5, 0.6) is 5.75 Å². The summed E-state index contributed by atoms with van der Waals surface area (Å²) < 4.78 is 71.3. The first kappa shape index (κ1) is 23.0. The van der Waals surface area contributed by atoms with Crippen LogP contribution in [0, 0.1) is 6.92 Å². The van der Waals surface area contributed by atoms with Crippen LogP contribution in [0.2, 0.25) is 5.02 Å². The minimum Gasteiger partial charge on any atom is -0.495 e. The fourth-order valence-electron chi connectivity index (χ4n) is 2.41. The predicted molar refractivity (Wildman–Crippen MR) is 103 cm³/mol. The molecule has 0 heterocycles. The van der Waals surface area contributed by atoms with Gasteiger partial charge in [-0.15, -0.1) is 0 Å². The molecule has 0 bridgehead atoms. The second-order valence-electron chi connectivity index (χ2n) is 6.18. The lowest BCUT2D eigenvalue weighted by molar-refractivity contribution is -0.137. The molecule has 0 fully saturated rings. The number of alkyl halides is 3. The first-order valence-electron chi connectivity index (χ1n) is 8.19. The highest BCUT2D eigenvalue weighted by molar-refractivity contribution is 7.89. The normalized spacial score (nSPS) is 13.1. The molecule has 0 aliphatic carbocycles. The molecule has 0 radical (unpaired) electrons. The second-order valence-corrected chi connectivity index (χ2v) is 8.27. The number of carbonyl (C=O) groups excluding carboxylic acids is 1.